The molecule has 200 valence electrons. The third kappa shape index (κ3) is 7.72. The molecule has 1 aromatic heterocycles. The Bertz CT molecular complexity index is 1290. The predicted molar refractivity (Wildman–Crippen MR) is 146 cm³/mol. The van der Waals surface area contributed by atoms with Gasteiger partial charge in [0.25, 0.3) is 0 Å². The van der Waals surface area contributed by atoms with Gasteiger partial charge in [0.15, 0.2) is 0 Å². The molecule has 38 heavy (non-hydrogen) atoms. The fraction of sp³-hybridized carbons (Fsp3) is 0.345. The summed E-state index contributed by atoms with van der Waals surface area (Å²) in [6, 6.07) is 20.7. The minimum atomic E-state index is -3.72. The van der Waals surface area contributed by atoms with E-state index < -0.39 is 28.0 Å². The summed E-state index contributed by atoms with van der Waals surface area (Å²) in [5, 5.41) is 5.78. The van der Waals surface area contributed by atoms with Crippen LogP contribution in [0.2, 0.25) is 0 Å². The van der Waals surface area contributed by atoms with Gasteiger partial charge in [-0.25, -0.2) is 8.42 Å². The van der Waals surface area contributed by atoms with Crippen molar-refractivity contribution in [2.45, 2.75) is 56.5 Å². The first kappa shape index (κ1) is 27.5. The Morgan fingerprint density at radius 1 is 0.921 bits per heavy atom. The van der Waals surface area contributed by atoms with Crippen molar-refractivity contribution in [3.63, 3.8) is 0 Å². The summed E-state index contributed by atoms with van der Waals surface area (Å²) in [5.74, 6) is -0.913. The first-order valence-electron chi connectivity index (χ1n) is 13.0. The summed E-state index contributed by atoms with van der Waals surface area (Å²) < 4.78 is 28.0. The second-order valence-electron chi connectivity index (χ2n) is 9.53. The number of aryl methyl sites for hydroxylation is 1. The molecule has 0 radical (unpaired) electrons. The summed E-state index contributed by atoms with van der Waals surface area (Å²) in [6.45, 7) is 0.570. The smallest absolute Gasteiger partial charge is 0.242 e. The zero-order chi connectivity index (χ0) is 26.8. The molecule has 0 unspecified atom stereocenters. The van der Waals surface area contributed by atoms with Crippen LogP contribution in [-0.2, 0) is 38.3 Å². The highest BCUT2D eigenvalue weighted by molar-refractivity contribution is 7.88. The van der Waals surface area contributed by atoms with E-state index in [4.69, 9.17) is 0 Å². The molecule has 3 aromatic rings. The van der Waals surface area contributed by atoms with E-state index in [1.165, 1.54) is 4.31 Å². The van der Waals surface area contributed by atoms with Gasteiger partial charge in [-0.1, -0.05) is 73.2 Å². The Labute approximate surface area is 224 Å². The summed E-state index contributed by atoms with van der Waals surface area (Å²) in [6.07, 6.45) is 6.18. The van der Waals surface area contributed by atoms with E-state index in [0.717, 1.165) is 17.5 Å². The van der Waals surface area contributed by atoms with Crippen LogP contribution in [-0.4, -0.2) is 48.1 Å². The Kier molecular flexibility index (Phi) is 9.62. The Balaban J connectivity index is 1.47. The number of hydrogen-bond donors (Lipinski definition) is 2. The van der Waals surface area contributed by atoms with Crippen LogP contribution >= 0.6 is 0 Å². The van der Waals surface area contributed by atoms with Gasteiger partial charge in [0.05, 0.1) is 5.75 Å². The normalized spacial score (nSPS) is 16.9. The number of nitrogens with one attached hydrogen (secondary N) is 2. The summed E-state index contributed by atoms with van der Waals surface area (Å²) in [7, 11) is -3.72. The van der Waals surface area contributed by atoms with E-state index in [9.17, 15) is 18.0 Å². The number of amides is 2. The standard InChI is InChI=1S/C29H34N4O4S/c34-28(31-21-25-14-9-18-30-20-25)26(17-16-23-10-3-1-4-11-23)32-29(35)27-15-7-8-19-33(27)38(36,37)22-24-12-5-2-6-13-24/h1-6,9-14,18,20,26-27H,7-8,15-17,19,21-22H2,(H,31,34)(H,32,35)/t26-,27+/m1/s1. The number of rotatable bonds is 11. The Morgan fingerprint density at radius 3 is 2.29 bits per heavy atom. The number of aromatic nitrogens is 1. The van der Waals surface area contributed by atoms with Gasteiger partial charge in [-0.15, -0.1) is 0 Å². The van der Waals surface area contributed by atoms with Crippen LogP contribution < -0.4 is 10.6 Å². The molecule has 4 rings (SSSR count). The van der Waals surface area contributed by atoms with Crippen molar-refractivity contribution in [3.05, 3.63) is 102 Å². The van der Waals surface area contributed by atoms with Crippen LogP contribution in [0.4, 0.5) is 0 Å². The number of pyridine rings is 1. The number of sulfonamides is 1. The molecule has 2 atom stereocenters. The molecule has 1 aliphatic heterocycles. The molecule has 8 nitrogen and oxygen atoms in total. The third-order valence-corrected chi connectivity index (χ3v) is 8.54. The van der Waals surface area contributed by atoms with Crippen LogP contribution in [0.5, 0.6) is 0 Å². The molecule has 1 fully saturated rings. The highest BCUT2D eigenvalue weighted by Crippen LogP contribution is 2.23. The van der Waals surface area contributed by atoms with Gasteiger partial charge >= 0.3 is 0 Å². The van der Waals surface area contributed by atoms with Crippen molar-refractivity contribution in [2.75, 3.05) is 6.54 Å². The van der Waals surface area contributed by atoms with Crippen LogP contribution in [0.15, 0.2) is 85.2 Å². The number of benzene rings is 2. The van der Waals surface area contributed by atoms with Crippen molar-refractivity contribution in [1.82, 2.24) is 19.9 Å². The number of nitrogens with zero attached hydrogens (tertiary/aromatic N) is 2. The molecule has 0 saturated carbocycles. The lowest BCUT2D eigenvalue weighted by Gasteiger charge is -2.34. The van der Waals surface area contributed by atoms with Gasteiger partial charge in [0.2, 0.25) is 21.8 Å². The van der Waals surface area contributed by atoms with Crippen molar-refractivity contribution < 1.29 is 18.0 Å². The van der Waals surface area contributed by atoms with Gasteiger partial charge in [0, 0.05) is 25.5 Å². The fourth-order valence-corrected chi connectivity index (χ4v) is 6.45. The van der Waals surface area contributed by atoms with E-state index in [1.807, 2.05) is 42.5 Å². The van der Waals surface area contributed by atoms with Crippen molar-refractivity contribution >= 4 is 21.8 Å². The topological polar surface area (TPSA) is 108 Å². The molecule has 2 amide bonds. The SMILES string of the molecule is O=C(NCc1cccnc1)[C@@H](CCc1ccccc1)NC(=O)[C@@H]1CCCCN1S(=O)(=O)Cc1ccccc1. The second-order valence-corrected chi connectivity index (χ2v) is 11.5. The molecule has 9 heteroatoms. The third-order valence-electron chi connectivity index (χ3n) is 6.69. The van der Waals surface area contributed by atoms with Crippen molar-refractivity contribution in [3.8, 4) is 0 Å². The maximum Gasteiger partial charge on any atom is 0.242 e. The molecule has 0 bridgehead atoms. The first-order chi connectivity index (χ1) is 18.4. The average molecular weight is 535 g/mol. The van der Waals surface area contributed by atoms with E-state index in [2.05, 4.69) is 15.6 Å². The highest BCUT2D eigenvalue weighted by Gasteiger charge is 2.38. The van der Waals surface area contributed by atoms with Gasteiger partial charge in [-0.2, -0.15) is 4.31 Å². The van der Waals surface area contributed by atoms with Gasteiger partial charge < -0.3 is 10.6 Å². The van der Waals surface area contributed by atoms with Gasteiger partial charge in [0.1, 0.15) is 12.1 Å². The summed E-state index contributed by atoms with van der Waals surface area (Å²) >= 11 is 0. The van der Waals surface area contributed by atoms with E-state index >= 15 is 0 Å². The minimum Gasteiger partial charge on any atom is -0.350 e. The molecule has 0 spiro atoms. The number of carbonyl (C=O) groups excluding carboxylic acids is 2. The molecular weight excluding hydrogens is 500 g/mol. The maximum atomic E-state index is 13.5. The van der Waals surface area contributed by atoms with Gasteiger partial charge in [-0.05, 0) is 48.4 Å². The summed E-state index contributed by atoms with van der Waals surface area (Å²) in [4.78, 5) is 30.8. The van der Waals surface area contributed by atoms with E-state index in [1.54, 1.807) is 42.7 Å². The van der Waals surface area contributed by atoms with Gasteiger partial charge in [-0.3, -0.25) is 14.6 Å². The quantitative estimate of drug-likeness (QED) is 0.393. The minimum absolute atomic E-state index is 0.166. The lowest BCUT2D eigenvalue weighted by Crippen LogP contribution is -2.56. The maximum absolute atomic E-state index is 13.5. The van der Waals surface area contributed by atoms with E-state index in [-0.39, 0.29) is 24.7 Å². The molecule has 2 heterocycles. The monoisotopic (exact) mass is 534 g/mol. The molecule has 2 aromatic carbocycles. The molecule has 1 aliphatic rings. The fourth-order valence-electron chi connectivity index (χ4n) is 4.68. The van der Waals surface area contributed by atoms with E-state index in [0.29, 0.717) is 31.2 Å². The first-order valence-corrected chi connectivity index (χ1v) is 14.6. The van der Waals surface area contributed by atoms with Crippen molar-refractivity contribution in [2.24, 2.45) is 0 Å². The predicted octanol–water partition coefficient (Wildman–Crippen LogP) is 3.20. The largest absolute Gasteiger partial charge is 0.350 e. The van der Waals surface area contributed by atoms with Crippen LogP contribution in [0.3, 0.4) is 0 Å². The van der Waals surface area contributed by atoms with Crippen molar-refractivity contribution in [1.29, 1.82) is 0 Å². The van der Waals surface area contributed by atoms with Crippen LogP contribution in [0.25, 0.3) is 0 Å². The molecule has 0 aliphatic carbocycles. The molecular formula is C29H34N4O4S. The number of carbonyl (C=O) groups is 2. The van der Waals surface area contributed by atoms with Crippen LogP contribution in [0.1, 0.15) is 42.4 Å². The zero-order valence-corrected chi connectivity index (χ0v) is 22.1. The Hall–Kier alpha value is -3.56. The number of piperidine rings is 1. The highest BCUT2D eigenvalue weighted by atomic mass is 32.2. The average Bonchev–Trinajstić information content (AvgIpc) is 2.95. The second kappa shape index (κ2) is 13.3. The summed E-state index contributed by atoms with van der Waals surface area (Å²) in [5.41, 5.74) is 2.57. The lowest BCUT2D eigenvalue weighted by molar-refractivity contribution is -0.131. The zero-order valence-electron chi connectivity index (χ0n) is 21.3. The lowest BCUT2D eigenvalue weighted by atomic mass is 10.0. The number of hydrogen-bond acceptors (Lipinski definition) is 5. The molecule has 2 N–H and O–H groups in total. The van der Waals surface area contributed by atoms with Crippen LogP contribution in [0, 0.1) is 0 Å². The Morgan fingerprint density at radius 2 is 1.61 bits per heavy atom. The molecule has 1 saturated heterocycles.